The van der Waals surface area contributed by atoms with Crippen LogP contribution in [0.3, 0.4) is 0 Å². The van der Waals surface area contributed by atoms with E-state index in [2.05, 4.69) is 229 Å². The second-order valence-corrected chi connectivity index (χ2v) is 16.0. The fourth-order valence-electron chi connectivity index (χ4n) is 8.65. The van der Waals surface area contributed by atoms with Gasteiger partial charge in [0.2, 0.25) is 0 Å². The highest BCUT2D eigenvalue weighted by Gasteiger charge is 2.19. The molecule has 0 spiro atoms. The lowest BCUT2D eigenvalue weighted by molar-refractivity contribution is 1.28. The van der Waals surface area contributed by atoms with Crippen molar-refractivity contribution in [2.75, 3.05) is 4.90 Å². The smallest absolute Gasteiger partial charge is 0.0540 e. The summed E-state index contributed by atoms with van der Waals surface area (Å²) in [5.41, 5.74) is 13.0. The van der Waals surface area contributed by atoms with Crippen LogP contribution in [0.5, 0.6) is 0 Å². The number of fused-ring (bicyclic) bond motifs is 5. The van der Waals surface area contributed by atoms with Crippen LogP contribution in [-0.2, 0) is 0 Å². The van der Waals surface area contributed by atoms with Crippen LogP contribution in [0.2, 0.25) is 0 Å². The molecule has 0 unspecified atom stereocenters. The minimum atomic E-state index is 1.10. The van der Waals surface area contributed by atoms with Crippen LogP contribution in [0.25, 0.3) is 86.2 Å². The maximum absolute atomic E-state index is 2.41. The zero-order valence-electron chi connectivity index (χ0n) is 31.7. The molecule has 10 aromatic carbocycles. The third-order valence-corrected chi connectivity index (χ3v) is 12.6. The number of para-hydroxylation sites is 1. The summed E-state index contributed by atoms with van der Waals surface area (Å²) in [5, 5.41) is 7.66. The zero-order chi connectivity index (χ0) is 38.4. The van der Waals surface area contributed by atoms with Gasteiger partial charge in [-0.25, -0.2) is 0 Å². The maximum Gasteiger partial charge on any atom is 0.0540 e. The first-order valence-electron chi connectivity index (χ1n) is 19.8. The predicted octanol–water partition coefficient (Wildman–Crippen LogP) is 16.5. The summed E-state index contributed by atoms with van der Waals surface area (Å²) >= 11 is 1.86. The van der Waals surface area contributed by atoms with Gasteiger partial charge in [0, 0.05) is 37.1 Å². The zero-order valence-corrected chi connectivity index (χ0v) is 32.5. The Balaban J connectivity index is 1.02. The molecule has 0 amide bonds. The first kappa shape index (κ1) is 34.0. The Morgan fingerprint density at radius 1 is 0.276 bits per heavy atom. The van der Waals surface area contributed by atoms with Crippen molar-refractivity contribution < 1.29 is 0 Å². The monoisotopic (exact) mass is 755 g/mol. The van der Waals surface area contributed by atoms with Crippen molar-refractivity contribution in [2.45, 2.75) is 0 Å². The molecule has 0 atom stereocenters. The first-order valence-corrected chi connectivity index (χ1v) is 20.6. The number of hydrogen-bond acceptors (Lipinski definition) is 2. The van der Waals surface area contributed by atoms with E-state index in [1.807, 2.05) is 11.3 Å². The van der Waals surface area contributed by atoms with Gasteiger partial charge in [-0.1, -0.05) is 176 Å². The molecule has 1 nitrogen and oxygen atoms in total. The fourth-order valence-corrected chi connectivity index (χ4v) is 9.79. The Morgan fingerprint density at radius 2 is 0.759 bits per heavy atom. The van der Waals surface area contributed by atoms with E-state index in [9.17, 15) is 0 Å². The molecule has 1 aromatic heterocycles. The van der Waals surface area contributed by atoms with Crippen LogP contribution in [0.4, 0.5) is 17.1 Å². The number of thiophene rings is 1. The van der Waals surface area contributed by atoms with E-state index in [1.54, 1.807) is 0 Å². The van der Waals surface area contributed by atoms with E-state index in [-0.39, 0.29) is 0 Å². The van der Waals surface area contributed by atoms with E-state index in [4.69, 9.17) is 0 Å². The molecule has 2 heteroatoms. The van der Waals surface area contributed by atoms with Gasteiger partial charge in [-0.05, 0) is 109 Å². The van der Waals surface area contributed by atoms with Gasteiger partial charge in [0.15, 0.2) is 0 Å². The molecule has 0 saturated heterocycles. The quantitative estimate of drug-likeness (QED) is 0.157. The first-order chi connectivity index (χ1) is 28.7. The molecule has 0 N–H and O–H groups in total. The lowest BCUT2D eigenvalue weighted by Gasteiger charge is -2.28. The summed E-state index contributed by atoms with van der Waals surface area (Å²) in [5.74, 6) is 0. The Labute approximate surface area is 342 Å². The molecule has 0 saturated carbocycles. The molecule has 11 aromatic rings. The fraction of sp³-hybridized carbons (Fsp3) is 0. The molecule has 0 aliphatic heterocycles. The highest BCUT2D eigenvalue weighted by atomic mass is 32.1. The average molecular weight is 756 g/mol. The largest absolute Gasteiger partial charge is 0.310 e. The molecular weight excluding hydrogens is 719 g/mol. The Bertz CT molecular complexity index is 3270. The molecular formula is C56H37NS. The molecule has 0 bridgehead atoms. The van der Waals surface area contributed by atoms with Gasteiger partial charge in [0.05, 0.1) is 5.69 Å². The molecule has 0 aliphatic carbocycles. The molecule has 272 valence electrons. The van der Waals surface area contributed by atoms with Crippen molar-refractivity contribution in [1.82, 2.24) is 0 Å². The molecule has 0 radical (unpaired) electrons. The van der Waals surface area contributed by atoms with Gasteiger partial charge in [-0.2, -0.15) is 0 Å². The minimum absolute atomic E-state index is 1.10. The van der Waals surface area contributed by atoms with Crippen LogP contribution < -0.4 is 4.90 Å². The number of nitrogens with zero attached hydrogens (tertiary/aromatic N) is 1. The van der Waals surface area contributed by atoms with Crippen LogP contribution >= 0.6 is 11.3 Å². The van der Waals surface area contributed by atoms with E-state index in [1.165, 1.54) is 86.2 Å². The highest BCUT2D eigenvalue weighted by Crippen LogP contribution is 2.44. The summed E-state index contributed by atoms with van der Waals surface area (Å²) in [4.78, 5) is 2.41. The summed E-state index contributed by atoms with van der Waals surface area (Å²) in [6.07, 6.45) is 0. The van der Waals surface area contributed by atoms with Crippen molar-refractivity contribution in [3.63, 3.8) is 0 Å². The average Bonchev–Trinajstić information content (AvgIpc) is 3.67. The van der Waals surface area contributed by atoms with E-state index in [0.717, 1.165) is 17.1 Å². The Kier molecular flexibility index (Phi) is 8.42. The van der Waals surface area contributed by atoms with Gasteiger partial charge < -0.3 is 4.90 Å². The summed E-state index contributed by atoms with van der Waals surface area (Å²) in [6.45, 7) is 0. The van der Waals surface area contributed by atoms with Crippen molar-refractivity contribution >= 4 is 70.1 Å². The molecule has 0 fully saturated rings. The Morgan fingerprint density at radius 3 is 1.48 bits per heavy atom. The summed E-state index contributed by atoms with van der Waals surface area (Å²) in [7, 11) is 0. The van der Waals surface area contributed by atoms with Gasteiger partial charge in [0.25, 0.3) is 0 Å². The molecule has 0 aliphatic rings. The van der Waals surface area contributed by atoms with Crippen molar-refractivity contribution in [2.24, 2.45) is 0 Å². The second-order valence-electron chi connectivity index (χ2n) is 14.9. The molecule has 1 heterocycles. The molecule has 58 heavy (non-hydrogen) atoms. The maximum atomic E-state index is 2.41. The minimum Gasteiger partial charge on any atom is -0.310 e. The van der Waals surface area contributed by atoms with E-state index >= 15 is 0 Å². The van der Waals surface area contributed by atoms with Crippen molar-refractivity contribution in [3.05, 3.63) is 224 Å². The predicted molar refractivity (Wildman–Crippen MR) is 251 cm³/mol. The number of hydrogen-bond donors (Lipinski definition) is 0. The SMILES string of the molecule is c1cc(-c2ccc(N(c3ccc(-c4cccc5ccccc45)cc3)c3ccccc3-c3ccc4c(c3)sc3ccccc34)cc2)cc(-c2cccc3ccccc23)c1. The second kappa shape index (κ2) is 14.4. The van der Waals surface area contributed by atoms with Crippen LogP contribution in [0.1, 0.15) is 0 Å². The van der Waals surface area contributed by atoms with E-state index in [0.29, 0.717) is 0 Å². The third-order valence-electron chi connectivity index (χ3n) is 11.5. The van der Waals surface area contributed by atoms with Gasteiger partial charge in [0.1, 0.15) is 0 Å². The van der Waals surface area contributed by atoms with E-state index < -0.39 is 0 Å². The van der Waals surface area contributed by atoms with Gasteiger partial charge >= 0.3 is 0 Å². The van der Waals surface area contributed by atoms with Gasteiger partial charge in [-0.15, -0.1) is 11.3 Å². The van der Waals surface area contributed by atoms with Crippen LogP contribution in [-0.4, -0.2) is 0 Å². The van der Waals surface area contributed by atoms with Crippen molar-refractivity contribution in [3.8, 4) is 44.5 Å². The standard InChI is InChI=1S/C56H37NS/c1-3-18-47-39(12-1)14-10-22-49(47)41-28-33-46(34-29-41)57(54-24-7-5-20-51(54)44-30-35-53-52-21-6-8-25-55(52)58-56(53)37-44)45-31-26-38(27-32-45)42-16-9-17-43(36-42)50-23-11-15-40-13-2-4-19-48(40)50/h1-37H. The third kappa shape index (κ3) is 6.03. The lowest BCUT2D eigenvalue weighted by atomic mass is 9.95. The topological polar surface area (TPSA) is 3.24 Å². The summed E-state index contributed by atoms with van der Waals surface area (Å²) in [6, 6.07) is 81.9. The molecule has 11 rings (SSSR count). The normalized spacial score (nSPS) is 11.4. The number of rotatable bonds is 7. The van der Waals surface area contributed by atoms with Crippen molar-refractivity contribution in [1.29, 1.82) is 0 Å². The lowest BCUT2D eigenvalue weighted by Crippen LogP contribution is -2.11. The van der Waals surface area contributed by atoms with Gasteiger partial charge in [-0.3, -0.25) is 0 Å². The Hall–Kier alpha value is -7.26. The number of anilines is 3. The van der Waals surface area contributed by atoms with Crippen LogP contribution in [0, 0.1) is 0 Å². The number of benzene rings is 10. The van der Waals surface area contributed by atoms with Crippen LogP contribution in [0.15, 0.2) is 224 Å². The highest BCUT2D eigenvalue weighted by molar-refractivity contribution is 7.25. The summed E-state index contributed by atoms with van der Waals surface area (Å²) < 4.78 is 2.62.